The normalized spacial score (nSPS) is 15.0. The molecule has 0 saturated carbocycles. The molecule has 1 aliphatic rings. The van der Waals surface area contributed by atoms with Crippen LogP contribution >= 0.6 is 34.0 Å². The van der Waals surface area contributed by atoms with Gasteiger partial charge in [0, 0.05) is 28.1 Å². The van der Waals surface area contributed by atoms with Crippen molar-refractivity contribution in [3.05, 3.63) is 50.0 Å². The lowest BCUT2D eigenvalue weighted by molar-refractivity contribution is 0.102. The highest BCUT2D eigenvalue weighted by Crippen LogP contribution is 2.33. The average molecular weight is 426 g/mol. The van der Waals surface area contributed by atoms with E-state index in [9.17, 15) is 13.2 Å². The summed E-state index contributed by atoms with van der Waals surface area (Å²) in [5.41, 5.74) is 1.46. The van der Waals surface area contributed by atoms with Gasteiger partial charge in [-0.2, -0.15) is 15.6 Å². The van der Waals surface area contributed by atoms with Gasteiger partial charge in [-0.3, -0.25) is 10.1 Å². The fourth-order valence-electron chi connectivity index (χ4n) is 2.67. The molecule has 4 heterocycles. The Balaban J connectivity index is 1.52. The number of rotatable bonds is 4. The summed E-state index contributed by atoms with van der Waals surface area (Å²) in [6, 6.07) is 5.23. The summed E-state index contributed by atoms with van der Waals surface area (Å²) >= 11 is 4.08. The second-order valence-electron chi connectivity index (χ2n) is 5.81. The van der Waals surface area contributed by atoms with E-state index in [0.717, 1.165) is 15.4 Å². The molecule has 0 aromatic carbocycles. The molecule has 0 fully saturated rings. The number of hydrogen-bond donors (Lipinski definition) is 1. The van der Waals surface area contributed by atoms with Crippen molar-refractivity contribution in [1.29, 1.82) is 0 Å². The predicted molar refractivity (Wildman–Crippen MR) is 105 cm³/mol. The number of nitrogens with zero attached hydrogens (tertiary/aromatic N) is 2. The van der Waals surface area contributed by atoms with Gasteiger partial charge in [-0.05, 0) is 30.5 Å². The first-order chi connectivity index (χ1) is 12.4. The van der Waals surface area contributed by atoms with E-state index in [2.05, 4.69) is 10.3 Å². The number of aryl methyl sites for hydroxylation is 1. The van der Waals surface area contributed by atoms with Crippen LogP contribution in [0.2, 0.25) is 0 Å². The van der Waals surface area contributed by atoms with Gasteiger partial charge in [0.1, 0.15) is 4.21 Å². The Labute approximate surface area is 163 Å². The summed E-state index contributed by atoms with van der Waals surface area (Å²) in [5.74, 6) is -0.198. The largest absolute Gasteiger partial charge is 0.298 e. The Bertz CT molecular complexity index is 1050. The van der Waals surface area contributed by atoms with Crippen LogP contribution in [0.4, 0.5) is 5.13 Å². The molecule has 1 N–H and O–H groups in total. The smallest absolute Gasteiger partial charge is 0.258 e. The van der Waals surface area contributed by atoms with E-state index in [-0.39, 0.29) is 5.91 Å². The molecule has 0 bridgehead atoms. The standard InChI is InChI=1S/C16H15N3O3S4/c1-10-2-3-14(24-10)26(21,22)19-6-4-12-13(8-19)25-16(17-12)18-15(20)11-5-7-23-9-11/h2-3,5,7,9H,4,6,8H2,1H3,(H,17,18,20). The van der Waals surface area contributed by atoms with Gasteiger partial charge in [0.05, 0.1) is 17.8 Å². The molecule has 136 valence electrons. The van der Waals surface area contributed by atoms with Gasteiger partial charge >= 0.3 is 0 Å². The fraction of sp³-hybridized carbons (Fsp3) is 0.250. The van der Waals surface area contributed by atoms with Crippen molar-refractivity contribution >= 4 is 55.1 Å². The Morgan fingerprint density at radius 1 is 1.27 bits per heavy atom. The zero-order chi connectivity index (χ0) is 18.3. The van der Waals surface area contributed by atoms with E-state index in [4.69, 9.17) is 0 Å². The van der Waals surface area contributed by atoms with Crippen molar-refractivity contribution in [2.24, 2.45) is 0 Å². The number of amides is 1. The van der Waals surface area contributed by atoms with Gasteiger partial charge in [-0.15, -0.1) is 22.7 Å². The average Bonchev–Trinajstić information content (AvgIpc) is 3.34. The molecule has 4 rings (SSSR count). The minimum Gasteiger partial charge on any atom is -0.298 e. The summed E-state index contributed by atoms with van der Waals surface area (Å²) in [7, 11) is -3.49. The Hall–Kier alpha value is -1.59. The molecular formula is C16H15N3O3S4. The summed E-state index contributed by atoms with van der Waals surface area (Å²) < 4.78 is 27.5. The topological polar surface area (TPSA) is 79.4 Å². The highest BCUT2D eigenvalue weighted by Gasteiger charge is 2.31. The van der Waals surface area contributed by atoms with Crippen molar-refractivity contribution in [2.75, 3.05) is 11.9 Å². The monoisotopic (exact) mass is 425 g/mol. The number of carbonyl (C=O) groups excluding carboxylic acids is 1. The molecule has 0 spiro atoms. The zero-order valence-electron chi connectivity index (χ0n) is 13.8. The van der Waals surface area contributed by atoms with Gasteiger partial charge in [0.2, 0.25) is 0 Å². The Kier molecular flexibility index (Phi) is 4.70. The van der Waals surface area contributed by atoms with E-state index in [0.29, 0.717) is 34.4 Å². The van der Waals surface area contributed by atoms with Gasteiger partial charge in [0.25, 0.3) is 15.9 Å². The van der Waals surface area contributed by atoms with Crippen molar-refractivity contribution in [3.63, 3.8) is 0 Å². The second kappa shape index (κ2) is 6.86. The van der Waals surface area contributed by atoms with Crippen LogP contribution < -0.4 is 5.32 Å². The third-order valence-corrected chi connectivity index (χ3v) is 9.00. The summed E-state index contributed by atoms with van der Waals surface area (Å²) in [6.45, 7) is 2.58. The van der Waals surface area contributed by atoms with Crippen LogP contribution in [0.25, 0.3) is 0 Å². The van der Waals surface area contributed by atoms with Crippen molar-refractivity contribution < 1.29 is 13.2 Å². The minimum atomic E-state index is -3.49. The molecule has 6 nitrogen and oxygen atoms in total. The molecule has 3 aromatic rings. The molecule has 3 aromatic heterocycles. The van der Waals surface area contributed by atoms with Gasteiger partial charge in [-0.1, -0.05) is 0 Å². The maximum absolute atomic E-state index is 12.8. The van der Waals surface area contributed by atoms with E-state index in [1.165, 1.54) is 38.3 Å². The number of hydrogen-bond acceptors (Lipinski definition) is 7. The lowest BCUT2D eigenvalue weighted by Crippen LogP contribution is -2.35. The summed E-state index contributed by atoms with van der Waals surface area (Å²) in [6.07, 6.45) is 0.545. The van der Waals surface area contributed by atoms with Gasteiger partial charge < -0.3 is 0 Å². The molecule has 10 heteroatoms. The minimum absolute atomic E-state index is 0.198. The lowest BCUT2D eigenvalue weighted by atomic mass is 10.2. The number of anilines is 1. The highest BCUT2D eigenvalue weighted by molar-refractivity contribution is 7.91. The first-order valence-corrected chi connectivity index (χ1v) is 11.8. The number of sulfonamides is 1. The Morgan fingerprint density at radius 3 is 2.81 bits per heavy atom. The van der Waals surface area contributed by atoms with Crippen LogP contribution in [0.3, 0.4) is 0 Å². The highest BCUT2D eigenvalue weighted by atomic mass is 32.2. The van der Waals surface area contributed by atoms with E-state index < -0.39 is 10.0 Å². The SMILES string of the molecule is Cc1ccc(S(=O)(=O)N2CCc3nc(NC(=O)c4ccsc4)sc3C2)s1. The van der Waals surface area contributed by atoms with Crippen LogP contribution in [0.15, 0.2) is 33.2 Å². The molecule has 1 aliphatic heterocycles. The maximum Gasteiger partial charge on any atom is 0.258 e. The number of thiophene rings is 2. The zero-order valence-corrected chi connectivity index (χ0v) is 17.0. The molecule has 0 aliphatic carbocycles. The molecule has 1 amide bonds. The summed E-state index contributed by atoms with van der Waals surface area (Å²) in [5, 5.41) is 6.93. The third-order valence-electron chi connectivity index (χ3n) is 4.01. The maximum atomic E-state index is 12.8. The number of carbonyl (C=O) groups is 1. The van der Waals surface area contributed by atoms with Crippen LogP contribution in [-0.4, -0.2) is 30.2 Å². The van der Waals surface area contributed by atoms with E-state index in [1.54, 1.807) is 17.5 Å². The van der Waals surface area contributed by atoms with E-state index >= 15 is 0 Å². The van der Waals surface area contributed by atoms with Crippen LogP contribution in [0, 0.1) is 6.92 Å². The van der Waals surface area contributed by atoms with Crippen LogP contribution in [0.5, 0.6) is 0 Å². The second-order valence-corrected chi connectivity index (χ2v) is 11.1. The molecule has 0 radical (unpaired) electrons. The first kappa shape index (κ1) is 17.8. The first-order valence-electron chi connectivity index (χ1n) is 7.82. The molecular weight excluding hydrogens is 410 g/mol. The molecule has 0 unspecified atom stereocenters. The summed E-state index contributed by atoms with van der Waals surface area (Å²) in [4.78, 5) is 18.5. The molecule has 0 atom stereocenters. The third kappa shape index (κ3) is 3.35. The van der Waals surface area contributed by atoms with Crippen molar-refractivity contribution in [3.8, 4) is 0 Å². The molecule has 26 heavy (non-hydrogen) atoms. The predicted octanol–water partition coefficient (Wildman–Crippen LogP) is 3.57. The fourth-order valence-corrected chi connectivity index (χ4v) is 7.25. The van der Waals surface area contributed by atoms with Crippen molar-refractivity contribution in [2.45, 2.75) is 24.1 Å². The van der Waals surface area contributed by atoms with Gasteiger partial charge in [0.15, 0.2) is 5.13 Å². The lowest BCUT2D eigenvalue weighted by Gasteiger charge is -2.24. The number of fused-ring (bicyclic) bond motifs is 1. The number of aromatic nitrogens is 1. The Morgan fingerprint density at radius 2 is 2.12 bits per heavy atom. The molecule has 0 saturated heterocycles. The van der Waals surface area contributed by atoms with Crippen molar-refractivity contribution in [1.82, 2.24) is 9.29 Å². The van der Waals surface area contributed by atoms with Gasteiger partial charge in [-0.25, -0.2) is 13.4 Å². The van der Waals surface area contributed by atoms with E-state index in [1.807, 2.05) is 18.4 Å². The quantitative estimate of drug-likeness (QED) is 0.693. The number of nitrogens with one attached hydrogen (secondary N) is 1. The van der Waals surface area contributed by atoms with Crippen LogP contribution in [0.1, 0.15) is 25.8 Å². The number of thiazole rings is 1. The van der Waals surface area contributed by atoms with Crippen LogP contribution in [-0.2, 0) is 23.0 Å².